The van der Waals surface area contributed by atoms with Gasteiger partial charge in [0, 0.05) is 24.8 Å². The van der Waals surface area contributed by atoms with E-state index < -0.39 is 16.1 Å². The van der Waals surface area contributed by atoms with Crippen molar-refractivity contribution in [1.82, 2.24) is 19.5 Å². The summed E-state index contributed by atoms with van der Waals surface area (Å²) >= 11 is 0. The summed E-state index contributed by atoms with van der Waals surface area (Å²) in [4.78, 5) is 0.0722. The van der Waals surface area contributed by atoms with Crippen molar-refractivity contribution in [3.63, 3.8) is 0 Å². The van der Waals surface area contributed by atoms with Gasteiger partial charge in [-0.05, 0) is 56.2 Å². The Morgan fingerprint density at radius 3 is 2.74 bits per heavy atom. The van der Waals surface area contributed by atoms with Gasteiger partial charge in [0.05, 0.1) is 22.6 Å². The molecule has 10 heteroatoms. The second-order valence-corrected chi connectivity index (χ2v) is 8.88. The van der Waals surface area contributed by atoms with Gasteiger partial charge in [0.15, 0.2) is 5.82 Å². The van der Waals surface area contributed by atoms with Gasteiger partial charge in [-0.1, -0.05) is 11.2 Å². The molecule has 9 nitrogen and oxygen atoms in total. The van der Waals surface area contributed by atoms with Gasteiger partial charge in [0.2, 0.25) is 10.0 Å². The molecule has 1 aliphatic rings. The van der Waals surface area contributed by atoms with Crippen LogP contribution >= 0.6 is 0 Å². The molecule has 0 amide bonds. The summed E-state index contributed by atoms with van der Waals surface area (Å²) in [5, 5.41) is 20.5. The lowest BCUT2D eigenvalue weighted by molar-refractivity contribution is 0.408. The maximum absolute atomic E-state index is 12.7. The number of benzene rings is 2. The van der Waals surface area contributed by atoms with Crippen LogP contribution in [0, 0.1) is 11.3 Å². The lowest BCUT2D eigenvalue weighted by Gasteiger charge is -2.15. The summed E-state index contributed by atoms with van der Waals surface area (Å²) in [5.74, 6) is 1.07. The van der Waals surface area contributed by atoms with Crippen LogP contribution in [0.5, 0.6) is 11.8 Å². The van der Waals surface area contributed by atoms with Crippen LogP contribution in [-0.2, 0) is 23.0 Å². The van der Waals surface area contributed by atoms with E-state index >= 15 is 0 Å². The number of nitrogens with one attached hydrogen (secondary N) is 2. The standard InChI is InChI=1S/C21H22N6O3S/c1-3-27-20(14(2)26-31(28,29)18-8-4-15(13-22)5-9-18)24-25-21(27)30-17-7-6-16-10-11-23-19(16)12-17/h4-9,12,14,23,26H,3,10-11H2,1-2H3/t14-/m1/s1. The Labute approximate surface area is 180 Å². The van der Waals surface area contributed by atoms with Gasteiger partial charge >= 0.3 is 6.01 Å². The second kappa shape index (κ2) is 8.37. The molecule has 2 aromatic carbocycles. The van der Waals surface area contributed by atoms with E-state index in [4.69, 9.17) is 10.00 Å². The molecule has 160 valence electrons. The first-order chi connectivity index (χ1) is 14.9. The number of rotatable bonds is 7. The highest BCUT2D eigenvalue weighted by atomic mass is 32.2. The van der Waals surface area contributed by atoms with Crippen LogP contribution in [0.25, 0.3) is 0 Å². The Bertz CT molecular complexity index is 1250. The van der Waals surface area contributed by atoms with Gasteiger partial charge < -0.3 is 10.1 Å². The maximum Gasteiger partial charge on any atom is 0.322 e. The van der Waals surface area contributed by atoms with Gasteiger partial charge in [-0.25, -0.2) is 13.1 Å². The van der Waals surface area contributed by atoms with Gasteiger partial charge in [0.25, 0.3) is 0 Å². The minimum Gasteiger partial charge on any atom is -0.424 e. The predicted octanol–water partition coefficient (Wildman–Crippen LogP) is 2.97. The van der Waals surface area contributed by atoms with Crippen LogP contribution in [0.15, 0.2) is 47.4 Å². The van der Waals surface area contributed by atoms with E-state index in [1.54, 1.807) is 11.5 Å². The van der Waals surface area contributed by atoms with E-state index in [0.717, 1.165) is 18.7 Å². The van der Waals surface area contributed by atoms with Crippen LogP contribution in [-0.4, -0.2) is 29.7 Å². The van der Waals surface area contributed by atoms with Crippen LogP contribution < -0.4 is 14.8 Å². The molecule has 2 N–H and O–H groups in total. The SMILES string of the molecule is CCn1c(Oc2ccc3c(c2)NCC3)nnc1[C@@H](C)NS(=O)(=O)c1ccc(C#N)cc1. The van der Waals surface area contributed by atoms with E-state index in [9.17, 15) is 8.42 Å². The molecule has 0 saturated carbocycles. The van der Waals surface area contributed by atoms with Gasteiger partial charge in [-0.3, -0.25) is 4.57 Å². The van der Waals surface area contributed by atoms with Crippen LogP contribution in [0.3, 0.4) is 0 Å². The first-order valence-corrected chi connectivity index (χ1v) is 11.4. The third-order valence-electron chi connectivity index (χ3n) is 5.07. The zero-order chi connectivity index (χ0) is 22.0. The number of aromatic nitrogens is 3. The van der Waals surface area contributed by atoms with E-state index in [-0.39, 0.29) is 4.90 Å². The molecule has 1 atom stereocenters. The zero-order valence-electron chi connectivity index (χ0n) is 17.2. The molecule has 0 aliphatic carbocycles. The third-order valence-corrected chi connectivity index (χ3v) is 6.63. The fourth-order valence-corrected chi connectivity index (χ4v) is 4.70. The lowest BCUT2D eigenvalue weighted by atomic mass is 10.2. The molecule has 0 spiro atoms. The van der Waals surface area contributed by atoms with Crippen LogP contribution in [0.4, 0.5) is 5.69 Å². The van der Waals surface area contributed by atoms with Gasteiger partial charge in [0.1, 0.15) is 5.75 Å². The average molecular weight is 439 g/mol. The van der Waals surface area contributed by atoms with E-state index in [1.807, 2.05) is 31.2 Å². The highest BCUT2D eigenvalue weighted by molar-refractivity contribution is 7.89. The minimum atomic E-state index is -3.80. The van der Waals surface area contributed by atoms with E-state index in [0.29, 0.717) is 29.7 Å². The Balaban J connectivity index is 1.54. The molecule has 0 saturated heterocycles. The van der Waals surface area contributed by atoms with Crippen molar-refractivity contribution in [1.29, 1.82) is 5.26 Å². The largest absolute Gasteiger partial charge is 0.424 e. The first-order valence-electron chi connectivity index (χ1n) is 9.91. The fourth-order valence-electron chi connectivity index (χ4n) is 3.49. The Kier molecular flexibility index (Phi) is 5.63. The molecular formula is C21H22N6O3S. The smallest absolute Gasteiger partial charge is 0.322 e. The van der Waals surface area contributed by atoms with Gasteiger partial charge in [-0.15, -0.1) is 5.10 Å². The molecule has 0 unspecified atom stereocenters. The monoisotopic (exact) mass is 438 g/mol. The summed E-state index contributed by atoms with van der Waals surface area (Å²) in [7, 11) is -3.80. The fraction of sp³-hybridized carbons (Fsp3) is 0.286. The quantitative estimate of drug-likeness (QED) is 0.581. The molecular weight excluding hydrogens is 416 g/mol. The van der Waals surface area contributed by atoms with Crippen molar-refractivity contribution in [2.45, 2.75) is 37.8 Å². The minimum absolute atomic E-state index is 0.0722. The highest BCUT2D eigenvalue weighted by Gasteiger charge is 2.24. The Morgan fingerprint density at radius 2 is 2.03 bits per heavy atom. The van der Waals surface area contributed by atoms with Crippen molar-refractivity contribution >= 4 is 15.7 Å². The molecule has 1 aliphatic heterocycles. The molecule has 4 rings (SSSR count). The maximum atomic E-state index is 12.7. The first kappa shape index (κ1) is 20.8. The molecule has 31 heavy (non-hydrogen) atoms. The topological polar surface area (TPSA) is 122 Å². The van der Waals surface area contributed by atoms with E-state index in [2.05, 4.69) is 20.2 Å². The Hall–Kier alpha value is -3.42. The van der Waals surface area contributed by atoms with Gasteiger partial charge in [-0.2, -0.15) is 5.26 Å². The second-order valence-electron chi connectivity index (χ2n) is 7.16. The van der Waals surface area contributed by atoms with Crippen molar-refractivity contribution < 1.29 is 13.2 Å². The van der Waals surface area contributed by atoms with Crippen molar-refractivity contribution in [2.24, 2.45) is 0 Å². The summed E-state index contributed by atoms with van der Waals surface area (Å²) in [6.45, 7) is 5.01. The molecule has 2 heterocycles. The summed E-state index contributed by atoms with van der Waals surface area (Å²) in [6.07, 6.45) is 0.988. The zero-order valence-corrected chi connectivity index (χ0v) is 18.0. The summed E-state index contributed by atoms with van der Waals surface area (Å²) in [5.41, 5.74) is 2.68. The van der Waals surface area contributed by atoms with Crippen molar-refractivity contribution in [3.8, 4) is 17.8 Å². The number of anilines is 1. The lowest BCUT2D eigenvalue weighted by Crippen LogP contribution is -2.29. The van der Waals surface area contributed by atoms with E-state index in [1.165, 1.54) is 29.8 Å². The number of sulfonamides is 1. The number of fused-ring (bicyclic) bond motifs is 1. The highest BCUT2D eigenvalue weighted by Crippen LogP contribution is 2.30. The molecule has 0 fully saturated rings. The molecule has 1 aromatic heterocycles. The summed E-state index contributed by atoms with van der Waals surface area (Å²) < 4.78 is 35.7. The number of nitrogens with zero attached hydrogens (tertiary/aromatic N) is 4. The normalized spacial score (nSPS) is 13.8. The molecule has 0 radical (unpaired) electrons. The molecule has 3 aromatic rings. The van der Waals surface area contributed by atoms with Crippen molar-refractivity contribution in [2.75, 3.05) is 11.9 Å². The number of ether oxygens (including phenoxy) is 1. The third kappa shape index (κ3) is 4.23. The van der Waals surface area contributed by atoms with Crippen LogP contribution in [0.2, 0.25) is 0 Å². The molecule has 0 bridgehead atoms. The van der Waals surface area contributed by atoms with Crippen LogP contribution in [0.1, 0.15) is 36.8 Å². The number of hydrogen-bond donors (Lipinski definition) is 2. The number of nitriles is 1. The van der Waals surface area contributed by atoms with Crippen molar-refractivity contribution in [3.05, 3.63) is 59.4 Å². The average Bonchev–Trinajstić information content (AvgIpc) is 3.39. The Morgan fingerprint density at radius 1 is 1.26 bits per heavy atom. The summed E-state index contributed by atoms with van der Waals surface area (Å²) in [6, 6.07) is 13.2. The predicted molar refractivity (Wildman–Crippen MR) is 114 cm³/mol. The number of hydrogen-bond acceptors (Lipinski definition) is 7.